The first-order valence-electron chi connectivity index (χ1n) is 3.81. The van der Waals surface area contributed by atoms with Crippen LogP contribution in [0.2, 0.25) is 0 Å². The maximum atomic E-state index is 9.98. The van der Waals surface area contributed by atoms with E-state index in [-0.39, 0.29) is 0 Å². The lowest BCUT2D eigenvalue weighted by atomic mass is 10.2. The van der Waals surface area contributed by atoms with Gasteiger partial charge in [0.25, 0.3) is 0 Å². The molecular weight excluding hydrogens is 140 g/mol. The number of carboxylic acids is 1. The molecule has 0 fully saturated rings. The molecule has 0 spiro atoms. The third-order valence-electron chi connectivity index (χ3n) is 1.16. The summed E-state index contributed by atoms with van der Waals surface area (Å²) in [5.41, 5.74) is 0. The van der Waals surface area contributed by atoms with Crippen LogP contribution in [0.4, 0.5) is 0 Å². The number of hydrogen-bond donors (Lipinski definition) is 1. The van der Waals surface area contributed by atoms with Crippen molar-refractivity contribution in [1.29, 1.82) is 0 Å². The molecule has 0 aliphatic rings. The molecule has 0 amide bonds. The van der Waals surface area contributed by atoms with E-state index in [4.69, 9.17) is 5.11 Å². The first-order chi connectivity index (χ1) is 5.27. The summed E-state index contributed by atoms with van der Waals surface area (Å²) in [6.45, 7) is 2.07. The summed E-state index contributed by atoms with van der Waals surface area (Å²) in [4.78, 5) is 9.98. The van der Waals surface area contributed by atoms with Crippen molar-refractivity contribution < 1.29 is 9.90 Å². The van der Waals surface area contributed by atoms with Crippen molar-refractivity contribution in [3.63, 3.8) is 0 Å². The molecule has 0 aromatic carbocycles. The molecule has 62 valence electrons. The number of rotatable bonds is 5. The summed E-state index contributed by atoms with van der Waals surface area (Å²) >= 11 is 0. The maximum Gasteiger partial charge on any atom is 0.327 e. The van der Waals surface area contributed by atoms with Crippen molar-refractivity contribution in [2.24, 2.45) is 0 Å². The van der Waals surface area contributed by atoms with Crippen molar-refractivity contribution in [1.82, 2.24) is 0 Å². The molecule has 11 heavy (non-hydrogen) atoms. The number of carboxylic acid groups (broad SMARTS) is 1. The largest absolute Gasteiger partial charge is 0.478 e. The highest BCUT2D eigenvalue weighted by atomic mass is 16.4. The van der Waals surface area contributed by atoms with E-state index in [2.05, 4.69) is 19.1 Å². The van der Waals surface area contributed by atoms with E-state index in [1.807, 2.05) is 0 Å². The Labute approximate surface area is 67.2 Å². The highest BCUT2D eigenvalue weighted by Crippen LogP contribution is 1.93. The Balaban J connectivity index is 3.27. The van der Waals surface area contributed by atoms with Gasteiger partial charge in [-0.05, 0) is 19.3 Å². The first kappa shape index (κ1) is 9.95. The molecule has 2 nitrogen and oxygen atoms in total. The van der Waals surface area contributed by atoms with Crippen LogP contribution in [0.5, 0.6) is 0 Å². The minimum absolute atomic E-state index is 0.808. The van der Waals surface area contributed by atoms with Crippen LogP contribution in [0.15, 0.2) is 24.3 Å². The second kappa shape index (κ2) is 7.06. The molecule has 0 aliphatic heterocycles. The van der Waals surface area contributed by atoms with Crippen molar-refractivity contribution >= 4 is 5.97 Å². The zero-order valence-corrected chi connectivity index (χ0v) is 6.79. The van der Waals surface area contributed by atoms with Crippen molar-refractivity contribution in [3.8, 4) is 0 Å². The van der Waals surface area contributed by atoms with Gasteiger partial charge in [-0.2, -0.15) is 0 Å². The van der Waals surface area contributed by atoms with Crippen LogP contribution < -0.4 is 0 Å². The van der Waals surface area contributed by atoms with Gasteiger partial charge in [0.05, 0.1) is 0 Å². The predicted molar refractivity (Wildman–Crippen MR) is 45.4 cm³/mol. The normalized spacial score (nSPS) is 11.4. The Morgan fingerprint density at radius 2 is 1.91 bits per heavy atom. The summed E-state index contributed by atoms with van der Waals surface area (Å²) in [5.74, 6) is -0.871. The van der Waals surface area contributed by atoms with Gasteiger partial charge in [-0.15, -0.1) is 0 Å². The van der Waals surface area contributed by atoms with Crippen molar-refractivity contribution in [2.45, 2.75) is 26.2 Å². The lowest BCUT2D eigenvalue weighted by Gasteiger charge is -1.84. The van der Waals surface area contributed by atoms with Gasteiger partial charge < -0.3 is 5.11 Å². The SMILES string of the molecule is CC/C=C\CC/C=C/C(=O)O. The Morgan fingerprint density at radius 1 is 1.27 bits per heavy atom. The summed E-state index contributed by atoms with van der Waals surface area (Å²) in [6, 6.07) is 0. The van der Waals surface area contributed by atoms with E-state index in [0.29, 0.717) is 0 Å². The summed E-state index contributed by atoms with van der Waals surface area (Å²) < 4.78 is 0. The van der Waals surface area contributed by atoms with Crippen molar-refractivity contribution in [2.75, 3.05) is 0 Å². The van der Waals surface area contributed by atoms with Gasteiger partial charge in [-0.1, -0.05) is 25.2 Å². The van der Waals surface area contributed by atoms with E-state index >= 15 is 0 Å². The smallest absolute Gasteiger partial charge is 0.327 e. The fraction of sp³-hybridized carbons (Fsp3) is 0.444. The topological polar surface area (TPSA) is 37.3 Å². The minimum atomic E-state index is -0.871. The molecule has 0 aliphatic carbocycles. The molecule has 2 heteroatoms. The molecule has 0 radical (unpaired) electrons. The Morgan fingerprint density at radius 3 is 2.45 bits per heavy atom. The molecule has 1 N–H and O–H groups in total. The fourth-order valence-corrected chi connectivity index (χ4v) is 0.661. The van der Waals surface area contributed by atoms with Crippen LogP contribution in [0.3, 0.4) is 0 Å². The molecule has 0 heterocycles. The Bertz CT molecular complexity index is 157. The van der Waals surface area contributed by atoms with Crippen LogP contribution in [0.1, 0.15) is 26.2 Å². The van der Waals surface area contributed by atoms with Gasteiger partial charge in [0.2, 0.25) is 0 Å². The molecule has 0 aromatic rings. The first-order valence-corrected chi connectivity index (χ1v) is 3.81. The highest BCUT2D eigenvalue weighted by Gasteiger charge is 1.82. The van der Waals surface area contributed by atoms with Crippen LogP contribution >= 0.6 is 0 Å². The summed E-state index contributed by atoms with van der Waals surface area (Å²) in [7, 11) is 0. The number of aliphatic carboxylic acids is 1. The van der Waals surface area contributed by atoms with Gasteiger partial charge in [0, 0.05) is 6.08 Å². The average Bonchev–Trinajstić information content (AvgIpc) is 1.96. The molecule has 0 unspecified atom stereocenters. The highest BCUT2D eigenvalue weighted by molar-refractivity contribution is 5.79. The van der Waals surface area contributed by atoms with E-state index in [0.717, 1.165) is 19.3 Å². The molecule has 0 bridgehead atoms. The van der Waals surface area contributed by atoms with Gasteiger partial charge in [-0.25, -0.2) is 4.79 Å². The predicted octanol–water partition coefficient (Wildman–Crippen LogP) is 2.37. The van der Waals surface area contributed by atoms with Gasteiger partial charge in [0.15, 0.2) is 0 Å². The molecule has 0 saturated heterocycles. The van der Waals surface area contributed by atoms with Gasteiger partial charge >= 0.3 is 5.97 Å². The fourth-order valence-electron chi connectivity index (χ4n) is 0.661. The lowest BCUT2D eigenvalue weighted by Crippen LogP contribution is -1.84. The summed E-state index contributed by atoms with van der Waals surface area (Å²) in [6.07, 6.45) is 9.77. The van der Waals surface area contributed by atoms with E-state index in [9.17, 15) is 4.79 Å². The number of unbranched alkanes of at least 4 members (excludes halogenated alkanes) is 1. The van der Waals surface area contributed by atoms with Crippen LogP contribution in [0.25, 0.3) is 0 Å². The van der Waals surface area contributed by atoms with Crippen LogP contribution in [0, 0.1) is 0 Å². The minimum Gasteiger partial charge on any atom is -0.478 e. The van der Waals surface area contributed by atoms with Crippen LogP contribution in [-0.4, -0.2) is 11.1 Å². The van der Waals surface area contributed by atoms with Gasteiger partial charge in [0.1, 0.15) is 0 Å². The zero-order chi connectivity index (χ0) is 8.53. The maximum absolute atomic E-state index is 9.98. The van der Waals surface area contributed by atoms with Crippen molar-refractivity contribution in [3.05, 3.63) is 24.3 Å². The molecule has 0 atom stereocenters. The second-order valence-electron chi connectivity index (χ2n) is 2.20. The zero-order valence-electron chi connectivity index (χ0n) is 6.79. The third-order valence-corrected chi connectivity index (χ3v) is 1.16. The average molecular weight is 154 g/mol. The lowest BCUT2D eigenvalue weighted by molar-refractivity contribution is -0.131. The van der Waals surface area contributed by atoms with E-state index < -0.39 is 5.97 Å². The van der Waals surface area contributed by atoms with E-state index in [1.165, 1.54) is 6.08 Å². The Kier molecular flexibility index (Phi) is 6.39. The standard InChI is InChI=1S/C9H14O2/c1-2-3-4-5-6-7-8-9(10)11/h3-4,7-8H,2,5-6H2,1H3,(H,10,11)/b4-3-,8-7+. The summed E-state index contributed by atoms with van der Waals surface area (Å²) in [5, 5.41) is 8.21. The van der Waals surface area contributed by atoms with Gasteiger partial charge in [-0.3, -0.25) is 0 Å². The quantitative estimate of drug-likeness (QED) is 0.375. The monoisotopic (exact) mass is 154 g/mol. The third kappa shape index (κ3) is 8.95. The number of hydrogen-bond acceptors (Lipinski definition) is 1. The number of carbonyl (C=O) groups is 1. The number of allylic oxidation sites excluding steroid dienone is 3. The second-order valence-corrected chi connectivity index (χ2v) is 2.20. The van der Waals surface area contributed by atoms with E-state index in [1.54, 1.807) is 6.08 Å². The molecule has 0 aromatic heterocycles. The van der Waals surface area contributed by atoms with Crippen LogP contribution in [-0.2, 0) is 4.79 Å². The molecular formula is C9H14O2. The molecule has 0 saturated carbocycles. The Hall–Kier alpha value is -1.05. The molecule has 0 rings (SSSR count).